The van der Waals surface area contributed by atoms with Gasteiger partial charge in [0.15, 0.2) is 5.13 Å². The molecule has 170 valence electrons. The first-order valence-corrected chi connectivity index (χ1v) is 13.2. The number of aromatic nitrogens is 1. The molecule has 5 nitrogen and oxygen atoms in total. The maximum absolute atomic E-state index is 13.6. The molecule has 2 heterocycles. The molecule has 8 heteroatoms. The summed E-state index contributed by atoms with van der Waals surface area (Å²) in [6.45, 7) is 9.13. The number of hydrogen-bond donors (Lipinski definition) is 0. The van der Waals surface area contributed by atoms with Crippen LogP contribution in [0.15, 0.2) is 41.3 Å². The first kappa shape index (κ1) is 23.5. The molecule has 1 aliphatic heterocycles. The number of carbonyl (C=O) groups is 1. The lowest BCUT2D eigenvalue weighted by Gasteiger charge is -2.27. The third-order valence-corrected chi connectivity index (χ3v) is 7.93. The van der Waals surface area contributed by atoms with Crippen molar-refractivity contribution >= 4 is 56.0 Å². The van der Waals surface area contributed by atoms with Crippen molar-refractivity contribution in [3.8, 4) is 0 Å². The van der Waals surface area contributed by atoms with Gasteiger partial charge in [0.1, 0.15) is 0 Å². The van der Waals surface area contributed by atoms with E-state index in [0.29, 0.717) is 22.3 Å². The Hall–Kier alpha value is -1.64. The maximum Gasteiger partial charge on any atom is 0.260 e. The first-order chi connectivity index (χ1) is 15.6. The summed E-state index contributed by atoms with van der Waals surface area (Å²) in [6.07, 6.45) is 0.873. The number of fused-ring (bicyclic) bond motifs is 1. The number of morpholine rings is 1. The Morgan fingerprint density at radius 3 is 2.84 bits per heavy atom. The first-order valence-electron chi connectivity index (χ1n) is 11.0. The molecule has 1 aromatic heterocycles. The second-order valence-corrected chi connectivity index (χ2v) is 10.5. The largest absolute Gasteiger partial charge is 0.379 e. The van der Waals surface area contributed by atoms with E-state index in [1.165, 1.54) is 11.3 Å². The Labute approximate surface area is 202 Å². The number of rotatable bonds is 8. The van der Waals surface area contributed by atoms with Gasteiger partial charge in [-0.2, -0.15) is 0 Å². The number of amides is 1. The van der Waals surface area contributed by atoms with Crippen LogP contribution < -0.4 is 4.90 Å². The van der Waals surface area contributed by atoms with Crippen LogP contribution >= 0.6 is 34.7 Å². The Kier molecular flexibility index (Phi) is 8.07. The van der Waals surface area contributed by atoms with Gasteiger partial charge in [0.05, 0.1) is 28.5 Å². The Bertz CT molecular complexity index is 1040. The summed E-state index contributed by atoms with van der Waals surface area (Å²) in [6, 6.07) is 11.8. The highest BCUT2D eigenvalue weighted by Crippen LogP contribution is 2.36. The number of thiazole rings is 1. The van der Waals surface area contributed by atoms with Crippen LogP contribution in [0.2, 0.25) is 5.02 Å². The smallest absolute Gasteiger partial charge is 0.260 e. The predicted octanol–water partition coefficient (Wildman–Crippen LogP) is 5.74. The van der Waals surface area contributed by atoms with E-state index in [4.69, 9.17) is 21.3 Å². The fourth-order valence-electron chi connectivity index (χ4n) is 3.81. The second-order valence-electron chi connectivity index (χ2n) is 7.76. The summed E-state index contributed by atoms with van der Waals surface area (Å²) in [5.74, 6) is 0.953. The SMILES string of the molecule is CCSc1cccc(C(=O)N(CCCN2CCOCC2)c2nc3c(C)ccc(Cl)c3s2)c1. The van der Waals surface area contributed by atoms with Gasteiger partial charge in [-0.15, -0.1) is 11.8 Å². The summed E-state index contributed by atoms with van der Waals surface area (Å²) in [7, 11) is 0. The Morgan fingerprint density at radius 1 is 1.28 bits per heavy atom. The van der Waals surface area contributed by atoms with Crippen molar-refractivity contribution in [1.82, 2.24) is 9.88 Å². The molecule has 0 bridgehead atoms. The minimum absolute atomic E-state index is 0.0154. The number of nitrogens with zero attached hydrogens (tertiary/aromatic N) is 3. The highest BCUT2D eigenvalue weighted by atomic mass is 35.5. The molecule has 1 aliphatic rings. The summed E-state index contributed by atoms with van der Waals surface area (Å²) in [4.78, 5) is 23.8. The molecular formula is C24H28ClN3O2S2. The number of benzene rings is 2. The number of hydrogen-bond acceptors (Lipinski definition) is 6. The predicted molar refractivity (Wildman–Crippen MR) is 136 cm³/mol. The molecule has 0 aliphatic carbocycles. The molecule has 0 saturated carbocycles. The average molecular weight is 490 g/mol. The maximum atomic E-state index is 13.6. The number of thioether (sulfide) groups is 1. The van der Waals surface area contributed by atoms with E-state index < -0.39 is 0 Å². The van der Waals surface area contributed by atoms with Crippen molar-refractivity contribution in [2.24, 2.45) is 0 Å². The molecule has 2 aromatic carbocycles. The van der Waals surface area contributed by atoms with Crippen LogP contribution in [0.1, 0.15) is 29.3 Å². The van der Waals surface area contributed by atoms with E-state index in [1.54, 1.807) is 11.8 Å². The molecule has 0 spiro atoms. The van der Waals surface area contributed by atoms with Crippen molar-refractivity contribution in [2.75, 3.05) is 50.0 Å². The molecule has 1 amide bonds. The average Bonchev–Trinajstić information content (AvgIpc) is 3.26. The monoisotopic (exact) mass is 489 g/mol. The number of anilines is 1. The van der Waals surface area contributed by atoms with Crippen molar-refractivity contribution in [3.63, 3.8) is 0 Å². The minimum atomic E-state index is -0.0154. The van der Waals surface area contributed by atoms with Crippen LogP contribution in [-0.4, -0.2) is 60.9 Å². The summed E-state index contributed by atoms with van der Waals surface area (Å²) in [5, 5.41) is 1.38. The third-order valence-electron chi connectivity index (χ3n) is 5.51. The highest BCUT2D eigenvalue weighted by molar-refractivity contribution is 7.99. The van der Waals surface area contributed by atoms with Gasteiger partial charge in [0, 0.05) is 36.6 Å². The van der Waals surface area contributed by atoms with Crippen molar-refractivity contribution in [1.29, 1.82) is 0 Å². The lowest BCUT2D eigenvalue weighted by Crippen LogP contribution is -2.39. The Morgan fingerprint density at radius 2 is 2.09 bits per heavy atom. The van der Waals surface area contributed by atoms with E-state index in [1.807, 2.05) is 42.2 Å². The zero-order valence-electron chi connectivity index (χ0n) is 18.5. The molecule has 3 aromatic rings. The number of ether oxygens (including phenoxy) is 1. The fourth-order valence-corrected chi connectivity index (χ4v) is 5.87. The van der Waals surface area contributed by atoms with Crippen LogP contribution in [0.4, 0.5) is 5.13 Å². The molecule has 0 radical (unpaired) electrons. The standard InChI is InChI=1S/C24H28ClN3O2S2/c1-3-31-19-7-4-6-18(16-19)23(29)28(11-5-10-27-12-14-30-15-13-27)24-26-21-17(2)8-9-20(25)22(21)32-24/h4,6-9,16H,3,5,10-15H2,1-2H3. The molecule has 32 heavy (non-hydrogen) atoms. The normalized spacial score (nSPS) is 14.7. The van der Waals surface area contributed by atoms with E-state index in [9.17, 15) is 4.79 Å². The summed E-state index contributed by atoms with van der Waals surface area (Å²) >= 11 is 9.68. The summed E-state index contributed by atoms with van der Waals surface area (Å²) < 4.78 is 6.38. The topological polar surface area (TPSA) is 45.7 Å². The number of halogens is 1. The van der Waals surface area contributed by atoms with E-state index >= 15 is 0 Å². The van der Waals surface area contributed by atoms with Gasteiger partial charge in [-0.05, 0) is 48.9 Å². The molecular weight excluding hydrogens is 462 g/mol. The van der Waals surface area contributed by atoms with Crippen LogP contribution in [-0.2, 0) is 4.74 Å². The molecule has 4 rings (SSSR count). The third kappa shape index (κ3) is 5.46. The van der Waals surface area contributed by atoms with Crippen LogP contribution in [0.25, 0.3) is 10.2 Å². The van der Waals surface area contributed by atoms with Crippen LogP contribution in [0.5, 0.6) is 0 Å². The van der Waals surface area contributed by atoms with E-state index in [-0.39, 0.29) is 5.91 Å². The van der Waals surface area contributed by atoms with Crippen molar-refractivity contribution in [2.45, 2.75) is 25.2 Å². The van der Waals surface area contributed by atoms with E-state index in [2.05, 4.69) is 17.9 Å². The van der Waals surface area contributed by atoms with Crippen LogP contribution in [0.3, 0.4) is 0 Å². The molecule has 0 unspecified atom stereocenters. The van der Waals surface area contributed by atoms with Gasteiger partial charge in [0.2, 0.25) is 0 Å². The highest BCUT2D eigenvalue weighted by Gasteiger charge is 2.23. The van der Waals surface area contributed by atoms with Gasteiger partial charge in [0.25, 0.3) is 5.91 Å². The zero-order chi connectivity index (χ0) is 22.5. The lowest BCUT2D eigenvalue weighted by atomic mass is 10.2. The second kappa shape index (κ2) is 11.0. The molecule has 1 fully saturated rings. The molecule has 0 atom stereocenters. The summed E-state index contributed by atoms with van der Waals surface area (Å²) in [5.41, 5.74) is 2.63. The number of aryl methyl sites for hydroxylation is 1. The molecule has 0 N–H and O–H groups in total. The van der Waals surface area contributed by atoms with Crippen LogP contribution in [0, 0.1) is 6.92 Å². The quantitative estimate of drug-likeness (QED) is 0.377. The minimum Gasteiger partial charge on any atom is -0.379 e. The Balaban J connectivity index is 1.61. The van der Waals surface area contributed by atoms with Crippen molar-refractivity contribution < 1.29 is 9.53 Å². The van der Waals surface area contributed by atoms with Gasteiger partial charge in [-0.3, -0.25) is 14.6 Å². The van der Waals surface area contributed by atoms with Gasteiger partial charge in [-0.1, -0.05) is 42.0 Å². The van der Waals surface area contributed by atoms with Gasteiger partial charge in [-0.25, -0.2) is 4.98 Å². The molecule has 1 saturated heterocycles. The number of carbonyl (C=O) groups excluding carboxylic acids is 1. The van der Waals surface area contributed by atoms with Gasteiger partial charge >= 0.3 is 0 Å². The fraction of sp³-hybridized carbons (Fsp3) is 0.417. The van der Waals surface area contributed by atoms with Gasteiger partial charge < -0.3 is 4.74 Å². The van der Waals surface area contributed by atoms with Crippen molar-refractivity contribution in [3.05, 3.63) is 52.5 Å². The van der Waals surface area contributed by atoms with E-state index in [0.717, 1.165) is 65.7 Å². The lowest BCUT2D eigenvalue weighted by molar-refractivity contribution is 0.0376. The zero-order valence-corrected chi connectivity index (χ0v) is 20.9.